The molecule has 0 aromatic carbocycles. The molecule has 2 N–H and O–H groups in total. The van der Waals surface area contributed by atoms with E-state index < -0.39 is 36.2 Å². The van der Waals surface area contributed by atoms with Crippen LogP contribution in [0.2, 0.25) is 0 Å². The van der Waals surface area contributed by atoms with Gasteiger partial charge in [-0.2, -0.15) is 8.78 Å². The summed E-state index contributed by atoms with van der Waals surface area (Å²) in [5.74, 6) is -4.87. The topological polar surface area (TPSA) is 97.1 Å². The van der Waals surface area contributed by atoms with E-state index in [1.54, 1.807) is 13.0 Å². The highest BCUT2D eigenvalue weighted by molar-refractivity contribution is 5.66. The molecule has 0 bridgehead atoms. The van der Waals surface area contributed by atoms with Crippen LogP contribution >= 0.6 is 0 Å². The molecule has 2 heterocycles. The predicted molar refractivity (Wildman–Crippen MR) is 82.2 cm³/mol. The average Bonchev–Trinajstić information content (AvgIpc) is 2.50. The first-order valence-corrected chi connectivity index (χ1v) is 7.05. The number of hydrogen-bond acceptors (Lipinski definition) is 5. The van der Waals surface area contributed by atoms with Crippen molar-refractivity contribution in [2.24, 2.45) is 0 Å². The lowest BCUT2D eigenvalue weighted by Crippen LogP contribution is -2.33. The highest BCUT2D eigenvalue weighted by Crippen LogP contribution is 2.26. The zero-order chi connectivity index (χ0) is 17.9. The minimum atomic E-state index is -3.32. The summed E-state index contributed by atoms with van der Waals surface area (Å²) in [5, 5.41) is 11.1. The SMILES string of the molecule is Cc1cccc(C(F)(F)CNc2ncc(C)n(CC(=O)O)c2=O)n1. The molecule has 0 aliphatic heterocycles. The van der Waals surface area contributed by atoms with Crippen molar-refractivity contribution in [3.05, 3.63) is 51.8 Å². The zero-order valence-electron chi connectivity index (χ0n) is 13.1. The number of pyridine rings is 1. The maximum Gasteiger partial charge on any atom is 0.323 e. The van der Waals surface area contributed by atoms with Crippen molar-refractivity contribution < 1.29 is 18.7 Å². The number of nitrogens with zero attached hydrogens (tertiary/aromatic N) is 3. The van der Waals surface area contributed by atoms with E-state index in [2.05, 4.69) is 15.3 Å². The van der Waals surface area contributed by atoms with Crippen LogP contribution in [0.25, 0.3) is 0 Å². The first-order chi connectivity index (χ1) is 11.2. The van der Waals surface area contributed by atoms with Gasteiger partial charge in [-0.1, -0.05) is 6.07 Å². The van der Waals surface area contributed by atoms with Gasteiger partial charge in [0.25, 0.3) is 5.56 Å². The van der Waals surface area contributed by atoms with E-state index in [0.29, 0.717) is 11.4 Å². The fraction of sp³-hybridized carbons (Fsp3) is 0.333. The Morgan fingerprint density at radius 2 is 2.08 bits per heavy atom. The van der Waals surface area contributed by atoms with Crippen molar-refractivity contribution in [2.75, 3.05) is 11.9 Å². The summed E-state index contributed by atoms with van der Waals surface area (Å²) < 4.78 is 29.3. The Labute approximate surface area is 136 Å². The summed E-state index contributed by atoms with van der Waals surface area (Å²) in [7, 11) is 0. The minimum absolute atomic E-state index is 0.320. The Hall–Kier alpha value is -2.84. The highest BCUT2D eigenvalue weighted by atomic mass is 19.3. The summed E-state index contributed by atoms with van der Waals surface area (Å²) >= 11 is 0. The number of hydrogen-bond donors (Lipinski definition) is 2. The third-order valence-electron chi connectivity index (χ3n) is 3.29. The molecule has 0 radical (unpaired) electrons. The highest BCUT2D eigenvalue weighted by Gasteiger charge is 2.33. The number of carbonyl (C=O) groups is 1. The summed E-state index contributed by atoms with van der Waals surface area (Å²) in [4.78, 5) is 30.5. The Morgan fingerprint density at radius 3 is 2.71 bits per heavy atom. The third kappa shape index (κ3) is 3.92. The van der Waals surface area contributed by atoms with E-state index in [4.69, 9.17) is 5.11 Å². The number of aromatic nitrogens is 3. The van der Waals surface area contributed by atoms with Gasteiger partial charge < -0.3 is 10.4 Å². The zero-order valence-corrected chi connectivity index (χ0v) is 13.1. The summed E-state index contributed by atoms with van der Waals surface area (Å²) in [6.07, 6.45) is 1.25. The van der Waals surface area contributed by atoms with Crippen molar-refractivity contribution in [3.63, 3.8) is 0 Å². The van der Waals surface area contributed by atoms with Gasteiger partial charge in [0.2, 0.25) is 0 Å². The molecule has 0 aliphatic rings. The Kier molecular flexibility index (Phi) is 4.91. The predicted octanol–water partition coefficient (Wildman–Crippen LogP) is 1.54. The molecule has 2 rings (SSSR count). The van der Waals surface area contributed by atoms with Crippen LogP contribution in [0, 0.1) is 13.8 Å². The lowest BCUT2D eigenvalue weighted by molar-refractivity contribution is -0.137. The number of rotatable bonds is 6. The molecule has 0 atom stereocenters. The van der Waals surface area contributed by atoms with Crippen molar-refractivity contribution in [1.82, 2.24) is 14.5 Å². The van der Waals surface area contributed by atoms with Crippen molar-refractivity contribution in [1.29, 1.82) is 0 Å². The molecule has 0 spiro atoms. The van der Waals surface area contributed by atoms with Gasteiger partial charge in [-0.15, -0.1) is 0 Å². The Balaban J connectivity index is 2.23. The summed E-state index contributed by atoms with van der Waals surface area (Å²) in [6, 6.07) is 4.26. The van der Waals surface area contributed by atoms with Gasteiger partial charge in [0.15, 0.2) is 5.82 Å². The number of halogens is 2. The number of carboxylic acids is 1. The van der Waals surface area contributed by atoms with E-state index >= 15 is 0 Å². The van der Waals surface area contributed by atoms with Gasteiger partial charge >= 0.3 is 11.9 Å². The van der Waals surface area contributed by atoms with Crippen LogP contribution in [0.5, 0.6) is 0 Å². The maximum absolute atomic E-state index is 14.2. The first-order valence-electron chi connectivity index (χ1n) is 7.05. The molecular weight excluding hydrogens is 322 g/mol. The fourth-order valence-electron chi connectivity index (χ4n) is 2.06. The van der Waals surface area contributed by atoms with Gasteiger partial charge in [-0.3, -0.25) is 19.1 Å². The normalized spacial score (nSPS) is 11.3. The molecule has 9 heteroatoms. The largest absolute Gasteiger partial charge is 0.480 e. The van der Waals surface area contributed by atoms with E-state index in [-0.39, 0.29) is 5.82 Å². The second kappa shape index (κ2) is 6.73. The standard InChI is InChI=1S/C15H16F2N4O3/c1-9-4-3-5-11(20-9)15(16,17)8-19-13-14(24)21(7-12(22)23)10(2)6-18-13/h3-6H,7-8H2,1-2H3,(H,18,19)(H,22,23). The first kappa shape index (κ1) is 17.5. The quantitative estimate of drug-likeness (QED) is 0.829. The molecule has 0 aliphatic carbocycles. The van der Waals surface area contributed by atoms with Gasteiger partial charge in [-0.05, 0) is 26.0 Å². The van der Waals surface area contributed by atoms with Crippen LogP contribution in [0.15, 0.2) is 29.2 Å². The summed E-state index contributed by atoms with van der Waals surface area (Å²) in [6.45, 7) is 1.64. The van der Waals surface area contributed by atoms with E-state index in [1.807, 2.05) is 0 Å². The van der Waals surface area contributed by atoms with Crippen molar-refractivity contribution >= 4 is 11.8 Å². The smallest absolute Gasteiger partial charge is 0.323 e. The fourth-order valence-corrected chi connectivity index (χ4v) is 2.06. The van der Waals surface area contributed by atoms with Crippen LogP contribution in [0.3, 0.4) is 0 Å². The number of anilines is 1. The van der Waals surface area contributed by atoms with Crippen molar-refractivity contribution in [2.45, 2.75) is 26.3 Å². The van der Waals surface area contributed by atoms with E-state index in [1.165, 1.54) is 25.3 Å². The molecule has 7 nitrogen and oxygen atoms in total. The third-order valence-corrected chi connectivity index (χ3v) is 3.29. The van der Waals surface area contributed by atoms with Gasteiger partial charge in [0.05, 0.1) is 6.54 Å². The number of alkyl halides is 2. The Morgan fingerprint density at radius 1 is 1.38 bits per heavy atom. The molecule has 0 saturated heterocycles. The molecule has 2 aromatic rings. The van der Waals surface area contributed by atoms with Gasteiger partial charge in [0, 0.05) is 17.6 Å². The van der Waals surface area contributed by atoms with Gasteiger partial charge in [-0.25, -0.2) is 4.98 Å². The van der Waals surface area contributed by atoms with E-state index in [9.17, 15) is 18.4 Å². The lowest BCUT2D eigenvalue weighted by Gasteiger charge is -2.17. The van der Waals surface area contributed by atoms with Crippen LogP contribution in [0.1, 0.15) is 17.1 Å². The van der Waals surface area contributed by atoms with Gasteiger partial charge in [0.1, 0.15) is 12.2 Å². The van der Waals surface area contributed by atoms with Crippen LogP contribution in [-0.4, -0.2) is 32.2 Å². The minimum Gasteiger partial charge on any atom is -0.480 e. The monoisotopic (exact) mass is 338 g/mol. The molecule has 128 valence electrons. The average molecular weight is 338 g/mol. The van der Waals surface area contributed by atoms with E-state index in [0.717, 1.165) is 4.57 Å². The number of aliphatic carboxylic acids is 1. The summed E-state index contributed by atoms with van der Waals surface area (Å²) in [5.41, 5.74) is -0.428. The van der Waals surface area contributed by atoms with Crippen LogP contribution < -0.4 is 10.9 Å². The number of aryl methyl sites for hydroxylation is 2. The van der Waals surface area contributed by atoms with Crippen LogP contribution in [0.4, 0.5) is 14.6 Å². The Bertz CT molecular complexity index is 821. The number of nitrogens with one attached hydrogen (secondary N) is 1. The maximum atomic E-state index is 14.2. The molecule has 0 unspecified atom stereocenters. The number of carboxylic acid groups (broad SMARTS) is 1. The second-order valence-electron chi connectivity index (χ2n) is 5.26. The molecule has 0 saturated carbocycles. The van der Waals surface area contributed by atoms with Crippen LogP contribution in [-0.2, 0) is 17.3 Å². The van der Waals surface area contributed by atoms with Crippen molar-refractivity contribution in [3.8, 4) is 0 Å². The molecule has 0 amide bonds. The second-order valence-corrected chi connectivity index (χ2v) is 5.26. The molecule has 24 heavy (non-hydrogen) atoms. The molecule has 2 aromatic heterocycles. The molecular formula is C15H16F2N4O3. The molecule has 0 fully saturated rings. The lowest BCUT2D eigenvalue weighted by atomic mass is 10.2.